The Balaban J connectivity index is 2.43. The van der Waals surface area contributed by atoms with Crippen molar-refractivity contribution in [1.29, 1.82) is 0 Å². The van der Waals surface area contributed by atoms with Gasteiger partial charge in [0.1, 0.15) is 11.8 Å². The molecular formula is C13H25FN2O2. The van der Waals surface area contributed by atoms with Gasteiger partial charge in [-0.05, 0) is 54.1 Å². The van der Waals surface area contributed by atoms with E-state index in [0.29, 0.717) is 12.8 Å². The summed E-state index contributed by atoms with van der Waals surface area (Å²) in [5.74, 6) is 0. The molecule has 0 aromatic rings. The first-order chi connectivity index (χ1) is 8.19. The third kappa shape index (κ3) is 4.80. The molecule has 0 aromatic heterocycles. The molecule has 106 valence electrons. The lowest BCUT2D eigenvalue weighted by Gasteiger charge is -2.35. The van der Waals surface area contributed by atoms with Gasteiger partial charge in [-0.1, -0.05) is 0 Å². The van der Waals surface area contributed by atoms with Crippen LogP contribution in [0.25, 0.3) is 0 Å². The standard InChI is InChI=1S/C13H25FN2O2/c1-13(2,3)18-12(17)15-11-7-6-9(16(4)5)8-10(11)14/h9-11H,6-8H2,1-5H3,(H,15,17)/t9-,10+,11-/m1/s1. The molecule has 1 aliphatic carbocycles. The minimum atomic E-state index is -1.00. The highest BCUT2D eigenvalue weighted by Gasteiger charge is 2.33. The monoisotopic (exact) mass is 260 g/mol. The SMILES string of the molecule is CN(C)[C@@H]1CC[C@@H](NC(=O)OC(C)(C)C)[C@@H](F)C1. The van der Waals surface area contributed by atoms with Crippen molar-refractivity contribution in [2.75, 3.05) is 14.1 Å². The summed E-state index contributed by atoms with van der Waals surface area (Å²) in [6.45, 7) is 5.38. The number of hydrogen-bond donors (Lipinski definition) is 1. The smallest absolute Gasteiger partial charge is 0.407 e. The molecule has 4 nitrogen and oxygen atoms in total. The molecule has 18 heavy (non-hydrogen) atoms. The van der Waals surface area contributed by atoms with Gasteiger partial charge in [0.25, 0.3) is 0 Å². The predicted molar refractivity (Wildman–Crippen MR) is 69.4 cm³/mol. The van der Waals surface area contributed by atoms with E-state index in [-0.39, 0.29) is 6.04 Å². The molecule has 5 heteroatoms. The number of alkyl carbamates (subject to hydrolysis) is 1. The third-order valence-corrected chi connectivity index (χ3v) is 3.18. The van der Waals surface area contributed by atoms with Crippen LogP contribution >= 0.6 is 0 Å². The van der Waals surface area contributed by atoms with Gasteiger partial charge in [-0.3, -0.25) is 0 Å². The van der Waals surface area contributed by atoms with E-state index in [9.17, 15) is 9.18 Å². The average Bonchev–Trinajstić information content (AvgIpc) is 2.17. The van der Waals surface area contributed by atoms with Gasteiger partial charge in [-0.2, -0.15) is 0 Å². The molecule has 0 spiro atoms. The lowest BCUT2D eigenvalue weighted by molar-refractivity contribution is 0.0415. The van der Waals surface area contributed by atoms with Gasteiger partial charge in [0.15, 0.2) is 0 Å². The Morgan fingerprint density at radius 3 is 2.39 bits per heavy atom. The lowest BCUT2D eigenvalue weighted by Crippen LogP contribution is -2.49. The van der Waals surface area contributed by atoms with E-state index in [1.54, 1.807) is 20.8 Å². The van der Waals surface area contributed by atoms with Crippen LogP contribution in [-0.4, -0.2) is 48.9 Å². The zero-order valence-corrected chi connectivity index (χ0v) is 12.0. The molecule has 0 radical (unpaired) electrons. The average molecular weight is 260 g/mol. The van der Waals surface area contributed by atoms with Crippen LogP contribution < -0.4 is 5.32 Å². The van der Waals surface area contributed by atoms with Crippen molar-refractivity contribution in [3.05, 3.63) is 0 Å². The fourth-order valence-electron chi connectivity index (χ4n) is 2.19. The van der Waals surface area contributed by atoms with Gasteiger partial charge >= 0.3 is 6.09 Å². The van der Waals surface area contributed by atoms with Crippen LogP contribution in [0.1, 0.15) is 40.0 Å². The zero-order valence-electron chi connectivity index (χ0n) is 12.0. The summed E-state index contributed by atoms with van der Waals surface area (Å²) in [6.07, 6.45) is 0.488. The van der Waals surface area contributed by atoms with Crippen molar-refractivity contribution < 1.29 is 13.9 Å². The van der Waals surface area contributed by atoms with Crippen LogP contribution in [0.2, 0.25) is 0 Å². The van der Waals surface area contributed by atoms with Crippen molar-refractivity contribution in [2.45, 2.75) is 63.9 Å². The Hall–Kier alpha value is -0.840. The molecule has 0 aromatic carbocycles. The predicted octanol–water partition coefficient (Wildman–Crippen LogP) is 2.33. The van der Waals surface area contributed by atoms with Gasteiger partial charge in [-0.15, -0.1) is 0 Å². The number of carbonyl (C=O) groups excluding carboxylic acids is 1. The van der Waals surface area contributed by atoms with E-state index in [4.69, 9.17) is 4.74 Å². The summed E-state index contributed by atoms with van der Waals surface area (Å²) in [5.41, 5.74) is -0.545. The third-order valence-electron chi connectivity index (χ3n) is 3.18. The van der Waals surface area contributed by atoms with Crippen molar-refractivity contribution >= 4 is 6.09 Å². The molecule has 0 bridgehead atoms. The molecule has 0 heterocycles. The molecule has 0 aliphatic heterocycles. The Kier molecular flexibility index (Phi) is 4.96. The largest absolute Gasteiger partial charge is 0.444 e. The Labute approximate surface area is 109 Å². The Bertz CT molecular complexity index is 289. The van der Waals surface area contributed by atoms with Crippen molar-refractivity contribution in [3.8, 4) is 0 Å². The quantitative estimate of drug-likeness (QED) is 0.828. The lowest BCUT2D eigenvalue weighted by atomic mass is 9.89. The number of alkyl halides is 1. The maximum atomic E-state index is 14.0. The normalized spacial score (nSPS) is 29.2. The van der Waals surface area contributed by atoms with Crippen LogP contribution in [0.5, 0.6) is 0 Å². The maximum Gasteiger partial charge on any atom is 0.407 e. The molecular weight excluding hydrogens is 235 g/mol. The fraction of sp³-hybridized carbons (Fsp3) is 0.923. The van der Waals surface area contributed by atoms with E-state index < -0.39 is 23.9 Å². The minimum absolute atomic E-state index is 0.261. The summed E-state index contributed by atoms with van der Waals surface area (Å²) in [6, 6.07) is -0.160. The van der Waals surface area contributed by atoms with E-state index in [0.717, 1.165) is 6.42 Å². The second kappa shape index (κ2) is 5.87. The fourth-order valence-corrected chi connectivity index (χ4v) is 2.19. The van der Waals surface area contributed by atoms with Gasteiger partial charge < -0.3 is 15.0 Å². The van der Waals surface area contributed by atoms with Crippen molar-refractivity contribution in [2.24, 2.45) is 0 Å². The zero-order chi connectivity index (χ0) is 13.9. The molecule has 1 amide bonds. The molecule has 0 saturated heterocycles. The number of rotatable bonds is 2. The summed E-state index contributed by atoms with van der Waals surface area (Å²) in [7, 11) is 3.91. The minimum Gasteiger partial charge on any atom is -0.444 e. The topological polar surface area (TPSA) is 41.6 Å². The molecule has 1 aliphatic rings. The number of ether oxygens (including phenoxy) is 1. The number of carbonyl (C=O) groups is 1. The van der Waals surface area contributed by atoms with Gasteiger partial charge in [0.2, 0.25) is 0 Å². The van der Waals surface area contributed by atoms with E-state index in [1.807, 2.05) is 19.0 Å². The number of nitrogens with zero attached hydrogens (tertiary/aromatic N) is 1. The summed E-state index contributed by atoms with van der Waals surface area (Å²) >= 11 is 0. The van der Waals surface area contributed by atoms with Crippen LogP contribution in [0.3, 0.4) is 0 Å². The van der Waals surface area contributed by atoms with Gasteiger partial charge in [0.05, 0.1) is 6.04 Å². The van der Waals surface area contributed by atoms with E-state index >= 15 is 0 Å². The first-order valence-electron chi connectivity index (χ1n) is 6.49. The summed E-state index contributed by atoms with van der Waals surface area (Å²) < 4.78 is 19.1. The Morgan fingerprint density at radius 2 is 1.94 bits per heavy atom. The molecule has 1 rings (SSSR count). The van der Waals surface area contributed by atoms with Crippen molar-refractivity contribution in [3.63, 3.8) is 0 Å². The molecule has 3 atom stereocenters. The number of hydrogen-bond acceptors (Lipinski definition) is 3. The van der Waals surface area contributed by atoms with Crippen LogP contribution in [-0.2, 0) is 4.74 Å². The first kappa shape index (κ1) is 15.2. The molecule has 1 saturated carbocycles. The van der Waals surface area contributed by atoms with Crippen LogP contribution in [0.15, 0.2) is 0 Å². The van der Waals surface area contributed by atoms with E-state index in [1.165, 1.54) is 0 Å². The summed E-state index contributed by atoms with van der Waals surface area (Å²) in [5, 5.41) is 2.63. The number of halogens is 1. The van der Waals surface area contributed by atoms with E-state index in [2.05, 4.69) is 5.32 Å². The highest BCUT2D eigenvalue weighted by Crippen LogP contribution is 2.24. The second-order valence-corrected chi connectivity index (χ2v) is 6.20. The first-order valence-corrected chi connectivity index (χ1v) is 6.49. The second-order valence-electron chi connectivity index (χ2n) is 6.20. The van der Waals surface area contributed by atoms with Crippen LogP contribution in [0, 0.1) is 0 Å². The van der Waals surface area contributed by atoms with Crippen molar-refractivity contribution in [1.82, 2.24) is 10.2 Å². The number of amides is 1. The highest BCUT2D eigenvalue weighted by molar-refractivity contribution is 5.68. The Morgan fingerprint density at radius 1 is 1.33 bits per heavy atom. The van der Waals surface area contributed by atoms with Gasteiger partial charge in [0, 0.05) is 6.04 Å². The molecule has 1 fully saturated rings. The highest BCUT2D eigenvalue weighted by atomic mass is 19.1. The maximum absolute atomic E-state index is 14.0. The molecule has 0 unspecified atom stereocenters. The van der Waals surface area contributed by atoms with Crippen LogP contribution in [0.4, 0.5) is 9.18 Å². The number of nitrogens with one attached hydrogen (secondary N) is 1. The van der Waals surface area contributed by atoms with Gasteiger partial charge in [-0.25, -0.2) is 9.18 Å². The summed E-state index contributed by atoms with van der Waals surface area (Å²) in [4.78, 5) is 13.6. The molecule has 1 N–H and O–H groups in total.